The van der Waals surface area contributed by atoms with Crippen molar-refractivity contribution in [1.82, 2.24) is 10.2 Å². The zero-order chi connectivity index (χ0) is 25.3. The minimum absolute atomic E-state index is 0.0155. The highest BCUT2D eigenvalue weighted by Gasteiger charge is 2.14. The van der Waals surface area contributed by atoms with E-state index in [2.05, 4.69) is 43.8 Å². The Morgan fingerprint density at radius 2 is 1.34 bits per heavy atom. The van der Waals surface area contributed by atoms with E-state index >= 15 is 0 Å². The van der Waals surface area contributed by atoms with E-state index in [-0.39, 0.29) is 19.0 Å². The first-order valence-corrected chi connectivity index (χ1v) is 12.5. The summed E-state index contributed by atoms with van der Waals surface area (Å²) in [6.45, 7) is 24.5. The molecule has 0 fully saturated rings. The van der Waals surface area contributed by atoms with Crippen molar-refractivity contribution < 1.29 is 24.0 Å². The van der Waals surface area contributed by atoms with E-state index in [4.69, 9.17) is 14.6 Å². The van der Waals surface area contributed by atoms with Gasteiger partial charge in [0.1, 0.15) is 6.54 Å². The molecule has 0 saturated carbocycles. The summed E-state index contributed by atoms with van der Waals surface area (Å²) < 4.78 is 16.3. The SMILES string of the molecule is C#C.CC.CC.CC.CC(C)C.CCCNP(C)(=O)NCC(=O)OCC.O=CO. The normalized spacial score (nSPS) is 9.48. The van der Waals surface area contributed by atoms with Crippen LogP contribution in [0, 0.1) is 18.8 Å². The van der Waals surface area contributed by atoms with Crippen molar-refractivity contribution in [1.29, 1.82) is 0 Å². The smallest absolute Gasteiger partial charge is 0.320 e. The Balaban J connectivity index is -0.0000000533. The number of carbonyl (C=O) groups is 2. The zero-order valence-corrected chi connectivity index (χ0v) is 22.1. The molecule has 1 unspecified atom stereocenters. The van der Waals surface area contributed by atoms with Crippen molar-refractivity contribution >= 4 is 19.9 Å². The molecule has 0 aromatic carbocycles. The number of esters is 1. The Hall–Kier alpha value is -1.35. The predicted octanol–water partition coefficient (Wildman–Crippen LogP) is 5.65. The molecule has 7 nitrogen and oxygen atoms in total. The molecule has 1 atom stereocenters. The number of hydrogen-bond donors (Lipinski definition) is 3. The molecule has 3 N–H and O–H groups in total. The molecule has 0 radical (unpaired) electrons. The summed E-state index contributed by atoms with van der Waals surface area (Å²) in [7, 11) is -2.59. The topological polar surface area (TPSA) is 105 Å². The van der Waals surface area contributed by atoms with Crippen molar-refractivity contribution in [3.8, 4) is 12.8 Å². The summed E-state index contributed by atoms with van der Waals surface area (Å²) in [6.07, 6.45) is 8.90. The summed E-state index contributed by atoms with van der Waals surface area (Å²) in [5.41, 5.74) is 0. The van der Waals surface area contributed by atoms with Crippen LogP contribution in [-0.4, -0.2) is 43.9 Å². The molecular formula is C21H51N2O5P. The Morgan fingerprint density at radius 3 is 1.59 bits per heavy atom. The molecular weight excluding hydrogens is 391 g/mol. The van der Waals surface area contributed by atoms with Gasteiger partial charge in [-0.2, -0.15) is 0 Å². The third kappa shape index (κ3) is 101. The van der Waals surface area contributed by atoms with Crippen LogP contribution in [0.25, 0.3) is 0 Å². The number of terminal acetylenes is 1. The molecule has 0 saturated heterocycles. The van der Waals surface area contributed by atoms with Crippen molar-refractivity contribution in [2.24, 2.45) is 5.92 Å². The van der Waals surface area contributed by atoms with Gasteiger partial charge in [-0.05, 0) is 19.3 Å². The van der Waals surface area contributed by atoms with Crippen LogP contribution >= 0.6 is 7.44 Å². The van der Waals surface area contributed by atoms with Gasteiger partial charge in [0.2, 0.25) is 7.44 Å². The number of nitrogens with one attached hydrogen (secondary N) is 2. The average Bonchev–Trinajstić information content (AvgIpc) is 2.72. The van der Waals surface area contributed by atoms with E-state index in [0.29, 0.717) is 13.2 Å². The van der Waals surface area contributed by atoms with E-state index < -0.39 is 7.44 Å². The van der Waals surface area contributed by atoms with Gasteiger partial charge >= 0.3 is 5.97 Å². The van der Waals surface area contributed by atoms with Gasteiger partial charge < -0.3 is 9.84 Å². The van der Waals surface area contributed by atoms with Gasteiger partial charge in [0.15, 0.2) is 0 Å². The van der Waals surface area contributed by atoms with Gasteiger partial charge in [0.25, 0.3) is 6.47 Å². The molecule has 0 aromatic rings. The molecule has 0 aliphatic carbocycles. The summed E-state index contributed by atoms with van der Waals surface area (Å²) >= 11 is 0. The molecule has 0 rings (SSSR count). The second-order valence-electron chi connectivity index (χ2n) is 4.81. The molecule has 180 valence electrons. The second-order valence-corrected chi connectivity index (χ2v) is 7.29. The maximum Gasteiger partial charge on any atom is 0.320 e. The van der Waals surface area contributed by atoms with Crippen LogP contribution in [0.5, 0.6) is 0 Å². The van der Waals surface area contributed by atoms with Crippen molar-refractivity contribution in [2.45, 2.75) is 82.6 Å². The molecule has 8 heteroatoms. The third-order valence-corrected chi connectivity index (χ3v) is 3.08. The molecule has 0 aliphatic heterocycles. The highest BCUT2D eigenvalue weighted by molar-refractivity contribution is 7.59. The number of carboxylic acid groups (broad SMARTS) is 1. The first-order chi connectivity index (χ1) is 13.7. The number of ether oxygens (including phenoxy) is 1. The monoisotopic (exact) mass is 442 g/mol. The van der Waals surface area contributed by atoms with Gasteiger partial charge in [-0.15, -0.1) is 12.8 Å². The summed E-state index contributed by atoms with van der Waals surface area (Å²) in [6, 6.07) is 0. The van der Waals surface area contributed by atoms with Crippen molar-refractivity contribution in [3.63, 3.8) is 0 Å². The van der Waals surface area contributed by atoms with Crippen molar-refractivity contribution in [3.05, 3.63) is 0 Å². The zero-order valence-electron chi connectivity index (χ0n) is 21.2. The lowest BCUT2D eigenvalue weighted by Gasteiger charge is -2.14. The number of rotatable bonds is 7. The Kier molecular flexibility index (Phi) is 80.1. The van der Waals surface area contributed by atoms with Gasteiger partial charge in [-0.25, -0.2) is 5.09 Å². The quantitative estimate of drug-likeness (QED) is 0.202. The first-order valence-electron chi connectivity index (χ1n) is 10.3. The molecule has 0 bridgehead atoms. The minimum Gasteiger partial charge on any atom is -0.483 e. The summed E-state index contributed by atoms with van der Waals surface area (Å²) in [5, 5.41) is 12.4. The van der Waals surface area contributed by atoms with Crippen LogP contribution in [-0.2, 0) is 18.9 Å². The number of carbonyl (C=O) groups excluding carboxylic acids is 1. The van der Waals surface area contributed by atoms with Crippen LogP contribution < -0.4 is 10.2 Å². The van der Waals surface area contributed by atoms with Crippen LogP contribution in [0.3, 0.4) is 0 Å². The maximum atomic E-state index is 11.7. The van der Waals surface area contributed by atoms with Gasteiger partial charge in [-0.3, -0.25) is 19.2 Å². The van der Waals surface area contributed by atoms with Crippen molar-refractivity contribution in [2.75, 3.05) is 26.4 Å². The highest BCUT2D eigenvalue weighted by Crippen LogP contribution is 2.29. The fourth-order valence-electron chi connectivity index (χ4n) is 0.808. The largest absolute Gasteiger partial charge is 0.483 e. The molecule has 0 aromatic heterocycles. The Morgan fingerprint density at radius 1 is 1.03 bits per heavy atom. The molecule has 0 aliphatic rings. The van der Waals surface area contributed by atoms with Crippen LogP contribution in [0.15, 0.2) is 0 Å². The van der Waals surface area contributed by atoms with Gasteiger partial charge in [0.05, 0.1) is 6.61 Å². The molecule has 0 spiro atoms. The van der Waals surface area contributed by atoms with E-state index in [0.717, 1.165) is 12.3 Å². The summed E-state index contributed by atoms with van der Waals surface area (Å²) in [5.74, 6) is 0.452. The van der Waals surface area contributed by atoms with E-state index in [1.165, 1.54) is 0 Å². The second kappa shape index (κ2) is 50.4. The fraction of sp³-hybridized carbons (Fsp3) is 0.810. The Bertz CT molecular complexity index is 334. The average molecular weight is 443 g/mol. The first kappa shape index (κ1) is 46.1. The van der Waals surface area contributed by atoms with Crippen LogP contribution in [0.2, 0.25) is 0 Å². The maximum absolute atomic E-state index is 11.7. The summed E-state index contributed by atoms with van der Waals surface area (Å²) in [4.78, 5) is 19.3. The highest BCUT2D eigenvalue weighted by atomic mass is 31.2. The van der Waals surface area contributed by atoms with E-state index in [1.54, 1.807) is 13.6 Å². The lowest BCUT2D eigenvalue weighted by atomic mass is 10.3. The van der Waals surface area contributed by atoms with Crippen LogP contribution in [0.4, 0.5) is 0 Å². The lowest BCUT2D eigenvalue weighted by Crippen LogP contribution is -2.28. The molecule has 0 heterocycles. The Labute approximate surface area is 182 Å². The standard InChI is InChI=1S/C8H19N2O3P.C4H10.3C2H6.C2H2.CH2O2/c1-4-6-9-14(3,12)10-7-8(11)13-5-2;1-4(2)3;4*1-2;2-1-3/h4-7H2,1-3H3,(H2,9,10,12);4H,1-3H3;3*1-2H3;1-2H;1H,(H,2,3). The van der Waals surface area contributed by atoms with E-state index in [9.17, 15) is 9.36 Å². The van der Waals surface area contributed by atoms with Gasteiger partial charge in [-0.1, -0.05) is 69.2 Å². The number of hydrogen-bond acceptors (Lipinski definition) is 4. The van der Waals surface area contributed by atoms with Crippen LogP contribution in [0.1, 0.15) is 82.6 Å². The van der Waals surface area contributed by atoms with E-state index in [1.807, 2.05) is 48.5 Å². The molecule has 0 amide bonds. The third-order valence-electron chi connectivity index (χ3n) is 1.49. The fourth-order valence-corrected chi connectivity index (χ4v) is 2.00. The minimum atomic E-state index is -2.59. The molecule has 29 heavy (non-hydrogen) atoms. The van der Waals surface area contributed by atoms with Gasteiger partial charge in [0, 0.05) is 13.2 Å². The lowest BCUT2D eigenvalue weighted by molar-refractivity contribution is -0.141. The predicted molar refractivity (Wildman–Crippen MR) is 130 cm³/mol.